The Morgan fingerprint density at radius 2 is 2.18 bits per heavy atom. The molecule has 7 nitrogen and oxygen atoms in total. The molecule has 148 valence electrons. The number of amides is 1. The van der Waals surface area contributed by atoms with Crippen LogP contribution < -0.4 is 5.32 Å². The first-order valence-corrected chi connectivity index (χ1v) is 10.4. The molecule has 3 rings (SSSR count). The van der Waals surface area contributed by atoms with Gasteiger partial charge in [0.1, 0.15) is 11.6 Å². The smallest absolute Gasteiger partial charge is 0.252 e. The molecule has 0 aliphatic heterocycles. The zero-order valence-corrected chi connectivity index (χ0v) is 17.7. The van der Waals surface area contributed by atoms with Crippen LogP contribution in [0, 0.1) is 11.7 Å². The third-order valence-electron chi connectivity index (χ3n) is 4.11. The van der Waals surface area contributed by atoms with E-state index in [0.717, 1.165) is 22.2 Å². The fourth-order valence-electron chi connectivity index (χ4n) is 2.84. The van der Waals surface area contributed by atoms with Gasteiger partial charge in [-0.05, 0) is 45.1 Å². The van der Waals surface area contributed by atoms with Gasteiger partial charge in [0, 0.05) is 30.0 Å². The summed E-state index contributed by atoms with van der Waals surface area (Å²) in [4.78, 5) is 13.6. The molecule has 1 amide bonds. The van der Waals surface area contributed by atoms with Crippen LogP contribution in [0.2, 0.25) is 0 Å². The highest BCUT2D eigenvalue weighted by Gasteiger charge is 2.14. The molecule has 9 heteroatoms. The Morgan fingerprint density at radius 3 is 2.89 bits per heavy atom. The van der Waals surface area contributed by atoms with E-state index in [4.69, 9.17) is 16.7 Å². The van der Waals surface area contributed by atoms with Crippen LogP contribution in [0.25, 0.3) is 0 Å². The largest absolute Gasteiger partial charge is 0.360 e. The zero-order valence-electron chi connectivity index (χ0n) is 16.1. The van der Waals surface area contributed by atoms with E-state index in [2.05, 4.69) is 34.5 Å². The van der Waals surface area contributed by atoms with Crippen LogP contribution in [0.3, 0.4) is 0 Å². The molecule has 0 bridgehead atoms. The van der Waals surface area contributed by atoms with Crippen molar-refractivity contribution in [3.63, 3.8) is 0 Å². The number of H-pyrrole nitrogens is 1. The molecule has 0 saturated heterocycles. The predicted molar refractivity (Wildman–Crippen MR) is 111 cm³/mol. The van der Waals surface area contributed by atoms with Crippen molar-refractivity contribution in [3.05, 3.63) is 57.9 Å². The van der Waals surface area contributed by atoms with Gasteiger partial charge in [0.15, 0.2) is 4.77 Å². The Kier molecular flexibility index (Phi) is 6.69. The van der Waals surface area contributed by atoms with E-state index >= 15 is 0 Å². The lowest BCUT2D eigenvalue weighted by molar-refractivity contribution is 0.0951. The molecule has 2 aromatic heterocycles. The van der Waals surface area contributed by atoms with E-state index in [-0.39, 0.29) is 11.9 Å². The second kappa shape index (κ2) is 9.20. The first kappa shape index (κ1) is 20.3. The van der Waals surface area contributed by atoms with E-state index in [1.807, 2.05) is 41.8 Å². The van der Waals surface area contributed by atoms with E-state index < -0.39 is 0 Å². The van der Waals surface area contributed by atoms with Crippen molar-refractivity contribution in [1.82, 2.24) is 25.2 Å². The van der Waals surface area contributed by atoms with Crippen molar-refractivity contribution in [2.45, 2.75) is 43.9 Å². The lowest BCUT2D eigenvalue weighted by Gasteiger charge is -2.11. The van der Waals surface area contributed by atoms with Gasteiger partial charge in [-0.2, -0.15) is 5.10 Å². The molecule has 0 saturated carbocycles. The van der Waals surface area contributed by atoms with Crippen LogP contribution >= 0.6 is 24.0 Å². The molecule has 0 spiro atoms. The third kappa shape index (κ3) is 4.90. The van der Waals surface area contributed by atoms with Gasteiger partial charge in [-0.25, -0.2) is 0 Å². The lowest BCUT2D eigenvalue weighted by atomic mass is 10.2. The van der Waals surface area contributed by atoms with Crippen LogP contribution in [0.1, 0.15) is 47.5 Å². The zero-order chi connectivity index (χ0) is 20.1. The van der Waals surface area contributed by atoms with Gasteiger partial charge in [0.2, 0.25) is 0 Å². The van der Waals surface area contributed by atoms with Crippen molar-refractivity contribution in [2.75, 3.05) is 6.54 Å². The summed E-state index contributed by atoms with van der Waals surface area (Å²) in [5.41, 5.74) is 1.49. The summed E-state index contributed by atoms with van der Waals surface area (Å²) in [6, 6.07) is 9.66. The number of thioether (sulfide) groups is 1. The van der Waals surface area contributed by atoms with Gasteiger partial charge in [0.05, 0.1) is 17.0 Å². The maximum Gasteiger partial charge on any atom is 0.252 e. The Bertz CT molecular complexity index is 1010. The molecule has 1 aromatic carbocycles. The quantitative estimate of drug-likeness (QED) is 0.424. The molecule has 0 aliphatic rings. The summed E-state index contributed by atoms with van der Waals surface area (Å²) in [7, 11) is 0. The van der Waals surface area contributed by atoms with Crippen LogP contribution in [0.4, 0.5) is 0 Å². The molecular formula is C19H23N5O2S2. The fraction of sp³-hybridized carbons (Fsp3) is 0.368. The molecule has 0 atom stereocenters. The minimum absolute atomic E-state index is 0.109. The van der Waals surface area contributed by atoms with E-state index in [1.54, 1.807) is 11.8 Å². The summed E-state index contributed by atoms with van der Waals surface area (Å²) in [5.74, 6) is 2.13. The first-order valence-electron chi connectivity index (χ1n) is 9.03. The van der Waals surface area contributed by atoms with Gasteiger partial charge < -0.3 is 14.4 Å². The fourth-order valence-corrected chi connectivity index (χ4v) is 4.13. The Labute approximate surface area is 172 Å². The molecule has 0 fully saturated rings. The maximum absolute atomic E-state index is 12.7. The standard InChI is InChI=1S/C19H23N5O2S2/c1-12(2)24-17(21-22-19(24)27)8-9-20-18(25)15-6-4-5-7-16(15)28-11-14-10-13(3)23-26-14/h4-7,10,12H,8-9,11H2,1-3H3,(H,20,25)(H,22,27). The van der Waals surface area contributed by atoms with Gasteiger partial charge in [-0.1, -0.05) is 17.3 Å². The third-order valence-corrected chi connectivity index (χ3v) is 5.49. The van der Waals surface area contributed by atoms with Crippen LogP contribution in [0.5, 0.6) is 0 Å². The van der Waals surface area contributed by atoms with Crippen molar-refractivity contribution < 1.29 is 9.32 Å². The van der Waals surface area contributed by atoms with Crippen LogP contribution in [-0.4, -0.2) is 32.4 Å². The van der Waals surface area contributed by atoms with Crippen molar-refractivity contribution in [3.8, 4) is 0 Å². The predicted octanol–water partition coefficient (Wildman–Crippen LogP) is 4.08. The number of carbonyl (C=O) groups is 1. The van der Waals surface area contributed by atoms with Gasteiger partial charge in [-0.15, -0.1) is 11.8 Å². The first-order chi connectivity index (χ1) is 13.5. The highest BCUT2D eigenvalue weighted by Crippen LogP contribution is 2.26. The number of nitrogens with zero attached hydrogens (tertiary/aromatic N) is 3. The number of hydrogen-bond acceptors (Lipinski definition) is 6. The minimum Gasteiger partial charge on any atom is -0.360 e. The summed E-state index contributed by atoms with van der Waals surface area (Å²) in [5, 5.41) is 13.9. The Balaban J connectivity index is 1.61. The lowest BCUT2D eigenvalue weighted by Crippen LogP contribution is -2.27. The topological polar surface area (TPSA) is 88.7 Å². The number of rotatable bonds is 8. The summed E-state index contributed by atoms with van der Waals surface area (Å²) in [6.07, 6.45) is 0.601. The molecule has 3 aromatic rings. The van der Waals surface area contributed by atoms with E-state index in [9.17, 15) is 4.79 Å². The molecule has 2 heterocycles. The summed E-state index contributed by atoms with van der Waals surface area (Å²) in [6.45, 7) is 6.47. The molecule has 2 N–H and O–H groups in total. The Morgan fingerprint density at radius 1 is 1.39 bits per heavy atom. The second-order valence-corrected chi connectivity index (χ2v) is 8.04. The van der Waals surface area contributed by atoms with Crippen molar-refractivity contribution in [2.24, 2.45) is 0 Å². The average Bonchev–Trinajstić information content (AvgIpc) is 3.25. The number of aromatic amines is 1. The number of aryl methyl sites for hydroxylation is 1. The number of carbonyl (C=O) groups excluding carboxylic acids is 1. The number of hydrogen-bond donors (Lipinski definition) is 2. The van der Waals surface area contributed by atoms with Crippen LogP contribution in [0.15, 0.2) is 39.8 Å². The van der Waals surface area contributed by atoms with E-state index in [0.29, 0.717) is 29.1 Å². The number of nitrogens with one attached hydrogen (secondary N) is 2. The van der Waals surface area contributed by atoms with Gasteiger partial charge in [-0.3, -0.25) is 9.89 Å². The molecule has 0 aliphatic carbocycles. The normalized spacial score (nSPS) is 11.1. The second-order valence-electron chi connectivity index (χ2n) is 6.63. The maximum atomic E-state index is 12.7. The van der Waals surface area contributed by atoms with Crippen molar-refractivity contribution >= 4 is 29.9 Å². The Hall–Kier alpha value is -2.39. The highest BCUT2D eigenvalue weighted by atomic mass is 32.2. The molecule has 28 heavy (non-hydrogen) atoms. The molecule has 0 unspecified atom stereocenters. The molecular weight excluding hydrogens is 394 g/mol. The average molecular weight is 418 g/mol. The molecule has 0 radical (unpaired) electrons. The monoisotopic (exact) mass is 417 g/mol. The van der Waals surface area contributed by atoms with Crippen molar-refractivity contribution in [1.29, 1.82) is 0 Å². The number of aromatic nitrogens is 4. The SMILES string of the molecule is Cc1cc(CSc2ccccc2C(=O)NCCc2n[nH]c(=S)n2C(C)C)on1. The van der Waals surface area contributed by atoms with Gasteiger partial charge in [0.25, 0.3) is 5.91 Å². The highest BCUT2D eigenvalue weighted by molar-refractivity contribution is 7.98. The summed E-state index contributed by atoms with van der Waals surface area (Å²) < 4.78 is 7.80. The number of benzene rings is 1. The van der Waals surface area contributed by atoms with Gasteiger partial charge >= 0.3 is 0 Å². The van der Waals surface area contributed by atoms with Crippen LogP contribution in [-0.2, 0) is 12.2 Å². The summed E-state index contributed by atoms with van der Waals surface area (Å²) >= 11 is 6.81. The van der Waals surface area contributed by atoms with E-state index in [1.165, 1.54) is 0 Å². The minimum atomic E-state index is -0.109.